The van der Waals surface area contributed by atoms with Crippen LogP contribution in [0, 0.1) is 34.0 Å². The van der Waals surface area contributed by atoms with Gasteiger partial charge in [-0.3, -0.25) is 0 Å². The molecule has 2 nitrogen and oxygen atoms in total. The number of aliphatic hydroxyl groups is 1. The van der Waals surface area contributed by atoms with Crippen LogP contribution in [0.15, 0.2) is 11.6 Å². The minimum absolute atomic E-state index is 0.196. The highest BCUT2D eigenvalue weighted by atomic mass is 16.3. The molecule has 0 heterocycles. The topological polar surface area (TPSA) is 44.1 Å². The second kappa shape index (κ2) is 4.44. The molecule has 2 N–H and O–H groups in total. The SMILES string of the molecule is C[C@]12CCC(O)C=C1CC[C@@H]1[C@H]2CC[C@]2(C)C(=N)CC[C@@H]12. The molecule has 0 aromatic carbocycles. The van der Waals surface area contributed by atoms with Crippen molar-refractivity contribution in [1.29, 1.82) is 5.41 Å². The monoisotopic (exact) mass is 287 g/mol. The third-order valence-corrected chi connectivity index (χ3v) is 7.87. The van der Waals surface area contributed by atoms with Crippen molar-refractivity contribution < 1.29 is 5.11 Å². The Kier molecular flexibility index (Phi) is 2.96. The van der Waals surface area contributed by atoms with Gasteiger partial charge in [-0.1, -0.05) is 25.5 Å². The van der Waals surface area contributed by atoms with Gasteiger partial charge in [0.2, 0.25) is 0 Å². The maximum absolute atomic E-state index is 9.98. The fraction of sp³-hybridized carbons (Fsp3) is 0.842. The fourth-order valence-electron chi connectivity index (χ4n) is 6.52. The molecule has 0 aliphatic heterocycles. The zero-order valence-corrected chi connectivity index (χ0v) is 13.5. The van der Waals surface area contributed by atoms with Gasteiger partial charge in [0, 0.05) is 11.1 Å². The van der Waals surface area contributed by atoms with Crippen LogP contribution in [0.3, 0.4) is 0 Å². The molecule has 21 heavy (non-hydrogen) atoms. The maximum Gasteiger partial charge on any atom is 0.0724 e. The molecule has 0 aromatic heterocycles. The van der Waals surface area contributed by atoms with E-state index in [9.17, 15) is 5.11 Å². The molecule has 2 heteroatoms. The van der Waals surface area contributed by atoms with Crippen molar-refractivity contribution in [2.24, 2.45) is 28.6 Å². The standard InChI is InChI=1S/C19H29NO/c1-18-9-7-13(21)11-12(18)3-4-14-15-5-6-17(20)19(15,2)10-8-16(14)18/h11,13-16,20-21H,3-10H2,1-2H3/t13?,14-,15-,16+,18-,19-/m0/s1. The Morgan fingerprint density at radius 2 is 1.71 bits per heavy atom. The number of allylic oxidation sites excluding steroid dienone is 1. The first-order valence-electron chi connectivity index (χ1n) is 8.92. The predicted octanol–water partition coefficient (Wildman–Crippen LogP) is 4.33. The molecule has 0 bridgehead atoms. The van der Waals surface area contributed by atoms with E-state index in [-0.39, 0.29) is 11.5 Å². The van der Waals surface area contributed by atoms with Crippen molar-refractivity contribution in [3.05, 3.63) is 11.6 Å². The lowest BCUT2D eigenvalue weighted by Gasteiger charge is -2.57. The molecule has 116 valence electrons. The summed E-state index contributed by atoms with van der Waals surface area (Å²) in [5, 5.41) is 18.4. The Bertz CT molecular complexity index is 510. The van der Waals surface area contributed by atoms with Gasteiger partial charge in [0.1, 0.15) is 0 Å². The molecule has 6 atom stereocenters. The largest absolute Gasteiger partial charge is 0.389 e. The average molecular weight is 287 g/mol. The maximum atomic E-state index is 9.98. The lowest BCUT2D eigenvalue weighted by molar-refractivity contribution is -0.0251. The Morgan fingerprint density at radius 3 is 2.52 bits per heavy atom. The van der Waals surface area contributed by atoms with E-state index in [4.69, 9.17) is 5.41 Å². The summed E-state index contributed by atoms with van der Waals surface area (Å²) in [5.41, 5.74) is 3.15. The summed E-state index contributed by atoms with van der Waals surface area (Å²) in [5.74, 6) is 2.38. The molecule has 4 rings (SSSR count). The number of hydrogen-bond acceptors (Lipinski definition) is 2. The van der Waals surface area contributed by atoms with Gasteiger partial charge in [0.15, 0.2) is 0 Å². The second-order valence-corrected chi connectivity index (χ2v) is 8.60. The van der Waals surface area contributed by atoms with Crippen LogP contribution in [0.1, 0.15) is 65.2 Å². The Balaban J connectivity index is 1.69. The number of rotatable bonds is 0. The van der Waals surface area contributed by atoms with Crippen LogP contribution in [-0.4, -0.2) is 16.9 Å². The van der Waals surface area contributed by atoms with Crippen LogP contribution in [0.4, 0.5) is 0 Å². The minimum atomic E-state index is -0.196. The van der Waals surface area contributed by atoms with E-state index >= 15 is 0 Å². The van der Waals surface area contributed by atoms with Crippen molar-refractivity contribution in [3.8, 4) is 0 Å². The summed E-state index contributed by atoms with van der Waals surface area (Å²) in [4.78, 5) is 0. The first-order valence-corrected chi connectivity index (χ1v) is 8.92. The normalized spacial score (nSPS) is 52.7. The molecule has 3 fully saturated rings. The van der Waals surface area contributed by atoms with E-state index in [0.717, 1.165) is 36.3 Å². The molecular formula is C19H29NO. The summed E-state index contributed by atoms with van der Waals surface area (Å²) < 4.78 is 0. The van der Waals surface area contributed by atoms with Crippen LogP contribution in [-0.2, 0) is 0 Å². The first-order chi connectivity index (χ1) is 9.95. The van der Waals surface area contributed by atoms with E-state index in [0.29, 0.717) is 5.41 Å². The molecule has 0 saturated heterocycles. The van der Waals surface area contributed by atoms with Gasteiger partial charge in [0.25, 0.3) is 0 Å². The van der Waals surface area contributed by atoms with Crippen molar-refractivity contribution in [3.63, 3.8) is 0 Å². The smallest absolute Gasteiger partial charge is 0.0724 e. The quantitative estimate of drug-likeness (QED) is 0.640. The third-order valence-electron chi connectivity index (χ3n) is 7.87. The summed E-state index contributed by atoms with van der Waals surface area (Å²) >= 11 is 0. The zero-order valence-electron chi connectivity index (χ0n) is 13.5. The van der Waals surface area contributed by atoms with E-state index < -0.39 is 0 Å². The van der Waals surface area contributed by atoms with E-state index in [2.05, 4.69) is 19.9 Å². The van der Waals surface area contributed by atoms with Crippen LogP contribution < -0.4 is 0 Å². The third kappa shape index (κ3) is 1.78. The van der Waals surface area contributed by atoms with E-state index in [1.807, 2.05) is 0 Å². The summed E-state index contributed by atoms with van der Waals surface area (Å²) in [7, 11) is 0. The van der Waals surface area contributed by atoms with Crippen molar-refractivity contribution in [2.45, 2.75) is 71.3 Å². The van der Waals surface area contributed by atoms with Crippen LogP contribution in [0.5, 0.6) is 0 Å². The predicted molar refractivity (Wildman–Crippen MR) is 85.4 cm³/mol. The lowest BCUT2D eigenvalue weighted by Crippen LogP contribution is -2.50. The molecule has 0 aromatic rings. The highest BCUT2D eigenvalue weighted by molar-refractivity contribution is 5.89. The van der Waals surface area contributed by atoms with Gasteiger partial charge in [-0.15, -0.1) is 0 Å². The highest BCUT2D eigenvalue weighted by Crippen LogP contribution is 2.64. The van der Waals surface area contributed by atoms with Gasteiger partial charge in [-0.05, 0) is 74.5 Å². The number of fused-ring (bicyclic) bond motifs is 5. The van der Waals surface area contributed by atoms with Crippen LogP contribution in [0.25, 0.3) is 0 Å². The molecule has 1 unspecified atom stereocenters. The molecule has 4 aliphatic carbocycles. The molecule has 4 aliphatic rings. The molecule has 0 spiro atoms. The number of hydrogen-bond donors (Lipinski definition) is 2. The first kappa shape index (κ1) is 14.0. The number of aliphatic hydroxyl groups excluding tert-OH is 1. The van der Waals surface area contributed by atoms with Gasteiger partial charge < -0.3 is 10.5 Å². The summed E-state index contributed by atoms with van der Waals surface area (Å²) in [6, 6.07) is 0. The number of nitrogens with one attached hydrogen (secondary N) is 1. The fourth-order valence-corrected chi connectivity index (χ4v) is 6.52. The van der Waals surface area contributed by atoms with Crippen LogP contribution >= 0.6 is 0 Å². The average Bonchev–Trinajstić information content (AvgIpc) is 2.76. The van der Waals surface area contributed by atoms with E-state index in [1.54, 1.807) is 5.57 Å². The Hall–Kier alpha value is -0.630. The van der Waals surface area contributed by atoms with Gasteiger partial charge in [-0.25, -0.2) is 0 Å². The van der Waals surface area contributed by atoms with Crippen molar-refractivity contribution in [2.75, 3.05) is 0 Å². The summed E-state index contributed by atoms with van der Waals surface area (Å²) in [6.07, 6.45) is 11.4. The molecule has 0 radical (unpaired) electrons. The lowest BCUT2D eigenvalue weighted by atomic mass is 9.47. The molecule has 0 amide bonds. The Morgan fingerprint density at radius 1 is 1.00 bits per heavy atom. The zero-order chi connectivity index (χ0) is 14.8. The molecule has 3 saturated carbocycles. The molecular weight excluding hydrogens is 258 g/mol. The second-order valence-electron chi connectivity index (χ2n) is 8.60. The van der Waals surface area contributed by atoms with Gasteiger partial charge in [0.05, 0.1) is 6.10 Å². The van der Waals surface area contributed by atoms with Gasteiger partial charge in [-0.2, -0.15) is 0 Å². The highest BCUT2D eigenvalue weighted by Gasteiger charge is 2.57. The van der Waals surface area contributed by atoms with Crippen molar-refractivity contribution in [1.82, 2.24) is 0 Å². The summed E-state index contributed by atoms with van der Waals surface area (Å²) in [6.45, 7) is 4.85. The van der Waals surface area contributed by atoms with Crippen molar-refractivity contribution >= 4 is 5.71 Å². The minimum Gasteiger partial charge on any atom is -0.389 e. The Labute approximate surface area is 128 Å². The van der Waals surface area contributed by atoms with Gasteiger partial charge >= 0.3 is 0 Å². The van der Waals surface area contributed by atoms with E-state index in [1.165, 1.54) is 38.5 Å². The van der Waals surface area contributed by atoms with Crippen LogP contribution in [0.2, 0.25) is 0 Å².